The van der Waals surface area contributed by atoms with E-state index < -0.39 is 5.97 Å². The highest BCUT2D eigenvalue weighted by Crippen LogP contribution is 2.28. The van der Waals surface area contributed by atoms with Crippen molar-refractivity contribution in [2.75, 3.05) is 31.2 Å². The summed E-state index contributed by atoms with van der Waals surface area (Å²) >= 11 is 0. The average Bonchev–Trinajstić information content (AvgIpc) is 3.17. The molecule has 2 aromatic carbocycles. The molecule has 0 spiro atoms. The molecule has 3 heterocycles. The van der Waals surface area contributed by atoms with Gasteiger partial charge in [-0.05, 0) is 54.0 Å². The third kappa shape index (κ3) is 3.27. The lowest BCUT2D eigenvalue weighted by Gasteiger charge is -2.28. The number of rotatable bonds is 3. The number of aromatic carboxylic acids is 1. The lowest BCUT2D eigenvalue weighted by Crippen LogP contribution is -2.36. The SMILES string of the molecule is O=C(O)c1ccc2c(=O)n3c(nc2c1)/C(=C/c1ccc(N2CCOCC2)cc1)CC3. The normalized spacial score (nSPS) is 17.5. The number of anilines is 1. The van der Waals surface area contributed by atoms with Gasteiger partial charge in [-0.2, -0.15) is 0 Å². The van der Waals surface area contributed by atoms with Crippen molar-refractivity contribution in [2.45, 2.75) is 13.0 Å². The second-order valence-corrected chi connectivity index (χ2v) is 7.54. The van der Waals surface area contributed by atoms with Gasteiger partial charge in [-0.1, -0.05) is 12.1 Å². The summed E-state index contributed by atoms with van der Waals surface area (Å²) in [5, 5.41) is 9.68. The number of hydrogen-bond donors (Lipinski definition) is 1. The first-order valence-electron chi connectivity index (χ1n) is 10.0. The maximum atomic E-state index is 12.9. The largest absolute Gasteiger partial charge is 0.478 e. The quantitative estimate of drug-likeness (QED) is 0.724. The number of fused-ring (bicyclic) bond motifs is 2. The van der Waals surface area contributed by atoms with Crippen molar-refractivity contribution in [1.82, 2.24) is 9.55 Å². The van der Waals surface area contributed by atoms with E-state index in [1.807, 2.05) is 0 Å². The Bertz CT molecular complexity index is 1220. The summed E-state index contributed by atoms with van der Waals surface area (Å²) in [6, 6.07) is 12.8. The smallest absolute Gasteiger partial charge is 0.335 e. The highest BCUT2D eigenvalue weighted by atomic mass is 16.5. The molecular formula is C23H21N3O4. The van der Waals surface area contributed by atoms with Crippen molar-refractivity contribution in [1.29, 1.82) is 0 Å². The zero-order valence-electron chi connectivity index (χ0n) is 16.4. The van der Waals surface area contributed by atoms with E-state index in [-0.39, 0.29) is 11.1 Å². The van der Waals surface area contributed by atoms with Gasteiger partial charge in [0.05, 0.1) is 29.7 Å². The molecule has 7 nitrogen and oxygen atoms in total. The molecule has 1 N–H and O–H groups in total. The van der Waals surface area contributed by atoms with Gasteiger partial charge in [-0.25, -0.2) is 9.78 Å². The Kier molecular flexibility index (Phi) is 4.59. The zero-order chi connectivity index (χ0) is 20.7. The van der Waals surface area contributed by atoms with E-state index in [1.165, 1.54) is 17.8 Å². The van der Waals surface area contributed by atoms with E-state index in [9.17, 15) is 14.7 Å². The Balaban J connectivity index is 1.50. The van der Waals surface area contributed by atoms with E-state index in [2.05, 4.69) is 40.2 Å². The summed E-state index contributed by atoms with van der Waals surface area (Å²) in [4.78, 5) is 31.1. The minimum absolute atomic E-state index is 0.126. The molecule has 0 saturated carbocycles. The van der Waals surface area contributed by atoms with Gasteiger partial charge in [0.15, 0.2) is 0 Å². The first kappa shape index (κ1) is 18.6. The predicted molar refractivity (Wildman–Crippen MR) is 115 cm³/mol. The van der Waals surface area contributed by atoms with Crippen LogP contribution in [0.2, 0.25) is 0 Å². The van der Waals surface area contributed by atoms with E-state index in [0.717, 1.165) is 43.9 Å². The lowest BCUT2D eigenvalue weighted by molar-refractivity contribution is 0.0697. The molecule has 0 radical (unpaired) electrons. The van der Waals surface area contributed by atoms with Crippen LogP contribution in [0.4, 0.5) is 5.69 Å². The maximum Gasteiger partial charge on any atom is 0.335 e. The Morgan fingerprint density at radius 3 is 2.57 bits per heavy atom. The fraction of sp³-hybridized carbons (Fsp3) is 0.261. The van der Waals surface area contributed by atoms with Crippen molar-refractivity contribution in [3.8, 4) is 0 Å². The van der Waals surface area contributed by atoms with Gasteiger partial charge in [-0.15, -0.1) is 0 Å². The molecule has 1 aromatic heterocycles. The summed E-state index contributed by atoms with van der Waals surface area (Å²) in [6.07, 6.45) is 2.77. The van der Waals surface area contributed by atoms with Crippen LogP contribution in [0.25, 0.3) is 22.6 Å². The summed E-state index contributed by atoms with van der Waals surface area (Å²) < 4.78 is 7.09. The zero-order valence-corrected chi connectivity index (χ0v) is 16.4. The fourth-order valence-electron chi connectivity index (χ4n) is 4.09. The molecule has 2 aliphatic heterocycles. The summed E-state index contributed by atoms with van der Waals surface area (Å²) in [6.45, 7) is 3.87. The lowest BCUT2D eigenvalue weighted by atomic mass is 10.1. The predicted octanol–water partition coefficient (Wildman–Crippen LogP) is 2.88. The van der Waals surface area contributed by atoms with Crippen LogP contribution in [0.15, 0.2) is 47.3 Å². The van der Waals surface area contributed by atoms with Crippen LogP contribution in [-0.4, -0.2) is 46.9 Å². The molecule has 0 atom stereocenters. The van der Waals surface area contributed by atoms with Crippen LogP contribution in [0, 0.1) is 0 Å². The van der Waals surface area contributed by atoms with Crippen LogP contribution in [-0.2, 0) is 11.3 Å². The van der Waals surface area contributed by atoms with Crippen LogP contribution in [0.5, 0.6) is 0 Å². The number of benzene rings is 2. The van der Waals surface area contributed by atoms with Gasteiger partial charge in [0.25, 0.3) is 5.56 Å². The average molecular weight is 403 g/mol. The van der Waals surface area contributed by atoms with Crippen molar-refractivity contribution >= 4 is 34.2 Å². The Hall–Kier alpha value is -3.45. The molecule has 7 heteroatoms. The van der Waals surface area contributed by atoms with Crippen molar-refractivity contribution in [3.05, 3.63) is 69.8 Å². The highest BCUT2D eigenvalue weighted by molar-refractivity contribution is 5.93. The second-order valence-electron chi connectivity index (χ2n) is 7.54. The summed E-state index contributed by atoms with van der Waals surface area (Å²) in [5.74, 6) is -0.414. The van der Waals surface area contributed by atoms with Crippen LogP contribution < -0.4 is 10.5 Å². The number of ether oxygens (including phenoxy) is 1. The third-order valence-corrected chi connectivity index (χ3v) is 5.70. The number of hydrogen-bond acceptors (Lipinski definition) is 5. The summed E-state index contributed by atoms with van der Waals surface area (Å²) in [5.41, 5.74) is 3.62. The topological polar surface area (TPSA) is 84.7 Å². The number of nitrogens with zero attached hydrogens (tertiary/aromatic N) is 3. The Morgan fingerprint density at radius 1 is 1.07 bits per heavy atom. The number of carboxylic acids is 1. The molecule has 152 valence electrons. The molecule has 5 rings (SSSR count). The molecule has 1 fully saturated rings. The van der Waals surface area contributed by atoms with Gasteiger partial charge < -0.3 is 14.7 Å². The molecule has 2 aliphatic rings. The minimum Gasteiger partial charge on any atom is -0.478 e. The summed E-state index contributed by atoms with van der Waals surface area (Å²) in [7, 11) is 0. The van der Waals surface area contributed by atoms with Gasteiger partial charge >= 0.3 is 5.97 Å². The molecule has 1 saturated heterocycles. The van der Waals surface area contributed by atoms with Crippen molar-refractivity contribution in [2.24, 2.45) is 0 Å². The van der Waals surface area contributed by atoms with E-state index in [1.54, 1.807) is 10.6 Å². The van der Waals surface area contributed by atoms with Crippen LogP contribution in [0.3, 0.4) is 0 Å². The molecule has 0 aliphatic carbocycles. The third-order valence-electron chi connectivity index (χ3n) is 5.70. The van der Waals surface area contributed by atoms with Gasteiger partial charge in [0.2, 0.25) is 0 Å². The molecule has 0 unspecified atom stereocenters. The molecule has 0 amide bonds. The number of aromatic nitrogens is 2. The standard InChI is InChI=1S/C23H21N3O4/c27-22-19-6-3-17(23(28)29)14-20(19)24-21-16(7-8-26(21)22)13-15-1-4-18(5-2-15)25-9-11-30-12-10-25/h1-6,13-14H,7-12H2,(H,28,29)/b16-13+. The van der Waals surface area contributed by atoms with Crippen LogP contribution in [0.1, 0.15) is 28.2 Å². The Labute approximate surface area is 172 Å². The van der Waals surface area contributed by atoms with Gasteiger partial charge in [0.1, 0.15) is 5.82 Å². The second kappa shape index (κ2) is 7.42. The first-order chi connectivity index (χ1) is 14.6. The molecule has 30 heavy (non-hydrogen) atoms. The number of morpholine rings is 1. The fourth-order valence-corrected chi connectivity index (χ4v) is 4.09. The van der Waals surface area contributed by atoms with Gasteiger partial charge in [-0.3, -0.25) is 9.36 Å². The van der Waals surface area contributed by atoms with E-state index >= 15 is 0 Å². The van der Waals surface area contributed by atoms with Crippen LogP contribution >= 0.6 is 0 Å². The van der Waals surface area contributed by atoms with Gasteiger partial charge in [0, 0.05) is 25.3 Å². The van der Waals surface area contributed by atoms with Crippen molar-refractivity contribution < 1.29 is 14.6 Å². The number of allylic oxidation sites excluding steroid dienone is 1. The number of carbonyl (C=O) groups is 1. The molecular weight excluding hydrogens is 382 g/mol. The molecule has 0 bridgehead atoms. The molecule has 3 aromatic rings. The number of carboxylic acid groups (broad SMARTS) is 1. The Morgan fingerprint density at radius 2 is 1.83 bits per heavy atom. The first-order valence-corrected chi connectivity index (χ1v) is 10.0. The van der Waals surface area contributed by atoms with E-state index in [4.69, 9.17) is 4.74 Å². The maximum absolute atomic E-state index is 12.9. The minimum atomic E-state index is -1.03. The van der Waals surface area contributed by atoms with Crippen molar-refractivity contribution in [3.63, 3.8) is 0 Å². The highest BCUT2D eigenvalue weighted by Gasteiger charge is 2.21. The monoisotopic (exact) mass is 403 g/mol. The van der Waals surface area contributed by atoms with E-state index in [0.29, 0.717) is 23.3 Å².